The van der Waals surface area contributed by atoms with Crippen molar-refractivity contribution >= 4 is 38.3 Å². The fourth-order valence-corrected chi connectivity index (χ4v) is 4.07. The van der Waals surface area contributed by atoms with Gasteiger partial charge >= 0.3 is 5.69 Å². The summed E-state index contributed by atoms with van der Waals surface area (Å²) in [7, 11) is -3.91. The molecule has 0 saturated heterocycles. The molecular formula is C14H12ClN3O3S. The Balaban J connectivity index is 2.16. The highest BCUT2D eigenvalue weighted by atomic mass is 35.5. The third-order valence-corrected chi connectivity index (χ3v) is 5.20. The maximum absolute atomic E-state index is 12.6. The van der Waals surface area contributed by atoms with Gasteiger partial charge in [0.05, 0.1) is 16.8 Å². The molecule has 0 spiro atoms. The molecule has 0 aliphatic rings. The van der Waals surface area contributed by atoms with Crippen LogP contribution in [0.25, 0.3) is 11.0 Å². The van der Waals surface area contributed by atoms with E-state index in [4.69, 9.17) is 17.3 Å². The molecule has 114 valence electrons. The molecule has 0 bridgehead atoms. The zero-order valence-electron chi connectivity index (χ0n) is 11.3. The maximum Gasteiger partial charge on any atom is 0.340 e. The summed E-state index contributed by atoms with van der Waals surface area (Å²) in [6.45, 7) is 0. The molecule has 2 aromatic carbocycles. The Kier molecular flexibility index (Phi) is 3.46. The molecule has 0 aliphatic heterocycles. The smallest absolute Gasteiger partial charge is 0.340 e. The van der Waals surface area contributed by atoms with Crippen LogP contribution >= 0.6 is 11.6 Å². The Morgan fingerprint density at radius 3 is 2.64 bits per heavy atom. The third kappa shape index (κ3) is 2.49. The standard InChI is InChI=1S/C14H12ClN3O3S/c15-11-4-2-1-3-9(11)8-22(20,21)18-13-6-5-10(16)7-12(13)17-14(18)19/h1-7H,8,16H2,(H,17,19). The van der Waals surface area contributed by atoms with E-state index in [2.05, 4.69) is 4.98 Å². The zero-order chi connectivity index (χ0) is 15.9. The van der Waals surface area contributed by atoms with E-state index < -0.39 is 15.7 Å². The summed E-state index contributed by atoms with van der Waals surface area (Å²) < 4.78 is 25.9. The lowest BCUT2D eigenvalue weighted by Crippen LogP contribution is -2.26. The lowest BCUT2D eigenvalue weighted by atomic mass is 10.2. The van der Waals surface area contributed by atoms with Crippen LogP contribution in [0.3, 0.4) is 0 Å². The summed E-state index contributed by atoms with van der Waals surface area (Å²) in [5.41, 5.74) is 6.40. The number of nitrogens with zero attached hydrogens (tertiary/aromatic N) is 1. The van der Waals surface area contributed by atoms with Crippen molar-refractivity contribution in [2.75, 3.05) is 5.73 Å². The van der Waals surface area contributed by atoms with Gasteiger partial charge < -0.3 is 10.7 Å². The van der Waals surface area contributed by atoms with Crippen molar-refractivity contribution in [3.8, 4) is 0 Å². The molecule has 6 nitrogen and oxygen atoms in total. The molecule has 0 radical (unpaired) electrons. The molecule has 8 heteroatoms. The van der Waals surface area contributed by atoms with E-state index >= 15 is 0 Å². The molecule has 0 amide bonds. The Labute approximate surface area is 131 Å². The second kappa shape index (κ2) is 5.19. The first-order chi connectivity index (χ1) is 10.4. The first-order valence-electron chi connectivity index (χ1n) is 6.35. The number of halogens is 1. The number of nitrogens with two attached hydrogens (primary N) is 1. The van der Waals surface area contributed by atoms with Crippen LogP contribution in [0.15, 0.2) is 47.3 Å². The van der Waals surface area contributed by atoms with Gasteiger partial charge in [0, 0.05) is 10.7 Å². The molecule has 0 fully saturated rings. The van der Waals surface area contributed by atoms with Crippen molar-refractivity contribution in [1.29, 1.82) is 0 Å². The summed E-state index contributed by atoms with van der Waals surface area (Å²) in [6.07, 6.45) is 0. The Morgan fingerprint density at radius 2 is 1.91 bits per heavy atom. The number of hydrogen-bond acceptors (Lipinski definition) is 4. The van der Waals surface area contributed by atoms with Gasteiger partial charge in [0.2, 0.25) is 10.0 Å². The van der Waals surface area contributed by atoms with E-state index in [1.165, 1.54) is 18.2 Å². The minimum absolute atomic E-state index is 0.256. The fraction of sp³-hybridized carbons (Fsp3) is 0.0714. The molecule has 1 heterocycles. The van der Waals surface area contributed by atoms with Crippen LogP contribution < -0.4 is 11.4 Å². The highest BCUT2D eigenvalue weighted by molar-refractivity contribution is 7.89. The Bertz CT molecular complexity index is 1020. The molecule has 1 aromatic heterocycles. The fourth-order valence-electron chi connectivity index (χ4n) is 2.26. The van der Waals surface area contributed by atoms with E-state index in [1.807, 2.05) is 0 Å². The van der Waals surface area contributed by atoms with E-state index in [0.29, 0.717) is 21.8 Å². The first-order valence-corrected chi connectivity index (χ1v) is 8.34. The molecular weight excluding hydrogens is 326 g/mol. The summed E-state index contributed by atoms with van der Waals surface area (Å²) in [5.74, 6) is -0.371. The van der Waals surface area contributed by atoms with Crippen molar-refractivity contribution in [2.24, 2.45) is 0 Å². The number of anilines is 1. The highest BCUT2D eigenvalue weighted by Gasteiger charge is 2.21. The van der Waals surface area contributed by atoms with E-state index in [1.54, 1.807) is 24.3 Å². The second-order valence-electron chi connectivity index (χ2n) is 4.82. The number of aromatic nitrogens is 2. The Hall–Kier alpha value is -2.25. The number of imidazole rings is 1. The second-order valence-corrected chi connectivity index (χ2v) is 7.04. The summed E-state index contributed by atoms with van der Waals surface area (Å²) >= 11 is 5.99. The number of nitrogen functional groups attached to an aromatic ring is 1. The third-order valence-electron chi connectivity index (χ3n) is 3.24. The quantitative estimate of drug-likeness (QED) is 0.713. The van der Waals surface area contributed by atoms with E-state index in [0.717, 1.165) is 3.97 Å². The minimum atomic E-state index is -3.91. The van der Waals surface area contributed by atoms with Gasteiger partial charge in [-0.15, -0.1) is 0 Å². The number of benzene rings is 2. The number of aromatic amines is 1. The number of nitrogens with one attached hydrogen (secondary N) is 1. The average Bonchev–Trinajstić information content (AvgIpc) is 2.77. The van der Waals surface area contributed by atoms with Gasteiger partial charge in [-0.1, -0.05) is 29.8 Å². The normalized spacial score (nSPS) is 11.9. The molecule has 22 heavy (non-hydrogen) atoms. The van der Waals surface area contributed by atoms with E-state index in [9.17, 15) is 13.2 Å². The number of H-pyrrole nitrogens is 1. The number of hydrogen-bond donors (Lipinski definition) is 2. The SMILES string of the molecule is Nc1ccc2c(c1)[nH]c(=O)n2S(=O)(=O)Cc1ccccc1Cl. The molecule has 3 rings (SSSR count). The van der Waals surface area contributed by atoms with Gasteiger partial charge in [0.15, 0.2) is 0 Å². The van der Waals surface area contributed by atoms with Gasteiger partial charge in [-0.25, -0.2) is 13.2 Å². The van der Waals surface area contributed by atoms with Crippen molar-refractivity contribution in [3.05, 3.63) is 63.5 Å². The predicted octanol–water partition coefficient (Wildman–Crippen LogP) is 1.94. The van der Waals surface area contributed by atoms with Gasteiger partial charge in [-0.3, -0.25) is 0 Å². The average molecular weight is 338 g/mol. The lowest BCUT2D eigenvalue weighted by Gasteiger charge is -2.07. The van der Waals surface area contributed by atoms with E-state index in [-0.39, 0.29) is 11.3 Å². The number of rotatable bonds is 3. The Morgan fingerprint density at radius 1 is 1.18 bits per heavy atom. The summed E-state index contributed by atoms with van der Waals surface area (Å²) in [4.78, 5) is 14.5. The highest BCUT2D eigenvalue weighted by Crippen LogP contribution is 2.21. The monoisotopic (exact) mass is 337 g/mol. The molecule has 3 N–H and O–H groups in total. The molecule has 0 aliphatic carbocycles. The summed E-state index contributed by atoms with van der Waals surface area (Å²) in [6, 6.07) is 11.2. The predicted molar refractivity (Wildman–Crippen MR) is 86.4 cm³/mol. The molecule has 0 saturated carbocycles. The molecule has 0 atom stereocenters. The van der Waals surface area contributed by atoms with Crippen LogP contribution in [0.1, 0.15) is 5.56 Å². The van der Waals surface area contributed by atoms with Crippen LogP contribution in [-0.4, -0.2) is 17.4 Å². The van der Waals surface area contributed by atoms with Crippen molar-refractivity contribution in [3.63, 3.8) is 0 Å². The zero-order valence-corrected chi connectivity index (χ0v) is 12.9. The molecule has 3 aromatic rings. The topological polar surface area (TPSA) is 97.9 Å². The van der Waals surface area contributed by atoms with Gasteiger partial charge in [0.25, 0.3) is 0 Å². The van der Waals surface area contributed by atoms with Crippen LogP contribution in [0.2, 0.25) is 5.02 Å². The number of fused-ring (bicyclic) bond motifs is 1. The lowest BCUT2D eigenvalue weighted by molar-refractivity contribution is 0.586. The maximum atomic E-state index is 12.6. The van der Waals surface area contributed by atoms with Crippen molar-refractivity contribution in [1.82, 2.24) is 8.96 Å². The summed E-state index contributed by atoms with van der Waals surface area (Å²) in [5, 5.41) is 0.336. The van der Waals surface area contributed by atoms with Gasteiger partial charge in [0.1, 0.15) is 0 Å². The van der Waals surface area contributed by atoms with Crippen LogP contribution in [0.4, 0.5) is 5.69 Å². The van der Waals surface area contributed by atoms with Crippen LogP contribution in [0.5, 0.6) is 0 Å². The largest absolute Gasteiger partial charge is 0.399 e. The van der Waals surface area contributed by atoms with Gasteiger partial charge in [-0.05, 0) is 29.8 Å². The van der Waals surface area contributed by atoms with Crippen molar-refractivity contribution in [2.45, 2.75) is 5.75 Å². The van der Waals surface area contributed by atoms with Crippen molar-refractivity contribution < 1.29 is 8.42 Å². The van der Waals surface area contributed by atoms with Crippen LogP contribution in [-0.2, 0) is 15.8 Å². The first kappa shape index (κ1) is 14.7. The molecule has 0 unspecified atom stereocenters. The minimum Gasteiger partial charge on any atom is -0.399 e. The van der Waals surface area contributed by atoms with Crippen LogP contribution in [0, 0.1) is 0 Å². The van der Waals surface area contributed by atoms with Gasteiger partial charge in [-0.2, -0.15) is 3.97 Å².